The van der Waals surface area contributed by atoms with E-state index >= 15 is 0 Å². The summed E-state index contributed by atoms with van der Waals surface area (Å²) in [5, 5.41) is 10.6. The lowest BCUT2D eigenvalue weighted by Crippen LogP contribution is -2.27. The Bertz CT molecular complexity index is 1460. The number of carbonyl (C=O) groups is 3. The van der Waals surface area contributed by atoms with Crippen LogP contribution in [-0.4, -0.2) is 38.6 Å². The van der Waals surface area contributed by atoms with Gasteiger partial charge >= 0.3 is 5.97 Å². The highest BCUT2D eigenvalue weighted by molar-refractivity contribution is 8.18. The Morgan fingerprint density at radius 1 is 1.11 bits per heavy atom. The van der Waals surface area contributed by atoms with Crippen LogP contribution in [0, 0.1) is 30.9 Å². The number of hydrogen-bond acceptors (Lipinski definition) is 7. The van der Waals surface area contributed by atoms with Crippen LogP contribution >= 0.6 is 11.8 Å². The lowest BCUT2D eigenvalue weighted by Gasteiger charge is -2.14. The summed E-state index contributed by atoms with van der Waals surface area (Å²) in [4.78, 5) is 49.4. The van der Waals surface area contributed by atoms with Crippen molar-refractivity contribution in [3.8, 4) is 5.69 Å². The van der Waals surface area contributed by atoms with Crippen molar-refractivity contribution < 1.29 is 24.0 Å². The maximum absolute atomic E-state index is 13.0. The first-order chi connectivity index (χ1) is 17.1. The van der Waals surface area contributed by atoms with E-state index in [0.717, 1.165) is 44.9 Å². The number of benzene rings is 2. The zero-order valence-corrected chi connectivity index (χ0v) is 20.9. The predicted octanol–water partition coefficient (Wildman–Crippen LogP) is 5.33. The smallest absolute Gasteiger partial charge is 0.337 e. The second kappa shape index (κ2) is 9.82. The number of methoxy groups -OCH3 is 1. The molecule has 0 N–H and O–H groups in total. The molecular formula is C26H23N3O6S. The Kier molecular flexibility index (Phi) is 6.80. The SMILES string of the molecule is COC(=O)c1ccc(-n2c(C)cc(C=C3SC(=O)N(Cc4cccc([N+](=O)[O-])c4)C3=O)c2C)c(C)c1. The monoisotopic (exact) mass is 505 g/mol. The summed E-state index contributed by atoms with van der Waals surface area (Å²) < 4.78 is 6.82. The van der Waals surface area contributed by atoms with Crippen LogP contribution in [0.15, 0.2) is 53.4 Å². The Hall–Kier alpha value is -4.18. The first kappa shape index (κ1) is 24.9. The summed E-state index contributed by atoms with van der Waals surface area (Å²) in [5.74, 6) is -0.855. The third-order valence-electron chi connectivity index (χ3n) is 5.95. The highest BCUT2D eigenvalue weighted by Gasteiger charge is 2.35. The number of aromatic nitrogens is 1. The van der Waals surface area contributed by atoms with E-state index in [4.69, 9.17) is 4.74 Å². The van der Waals surface area contributed by atoms with Crippen molar-refractivity contribution in [2.24, 2.45) is 0 Å². The normalized spacial score (nSPS) is 14.6. The second-order valence-electron chi connectivity index (χ2n) is 8.35. The molecule has 0 bridgehead atoms. The van der Waals surface area contributed by atoms with E-state index in [-0.39, 0.29) is 17.1 Å². The van der Waals surface area contributed by atoms with Crippen molar-refractivity contribution in [2.75, 3.05) is 7.11 Å². The third-order valence-corrected chi connectivity index (χ3v) is 6.86. The van der Waals surface area contributed by atoms with Gasteiger partial charge in [-0.15, -0.1) is 0 Å². The van der Waals surface area contributed by atoms with Crippen molar-refractivity contribution >= 4 is 40.6 Å². The van der Waals surface area contributed by atoms with Gasteiger partial charge in [-0.1, -0.05) is 12.1 Å². The fraction of sp³-hybridized carbons (Fsp3) is 0.192. The predicted molar refractivity (Wildman–Crippen MR) is 136 cm³/mol. The van der Waals surface area contributed by atoms with Crippen LogP contribution < -0.4 is 0 Å². The summed E-state index contributed by atoms with van der Waals surface area (Å²) >= 11 is 0.841. The van der Waals surface area contributed by atoms with E-state index in [1.807, 2.05) is 37.5 Å². The van der Waals surface area contributed by atoms with Gasteiger partial charge < -0.3 is 9.30 Å². The fourth-order valence-electron chi connectivity index (χ4n) is 4.18. The van der Waals surface area contributed by atoms with Gasteiger partial charge in [0.2, 0.25) is 0 Å². The van der Waals surface area contributed by atoms with Crippen LogP contribution in [0.1, 0.15) is 38.4 Å². The van der Waals surface area contributed by atoms with Gasteiger partial charge in [-0.2, -0.15) is 0 Å². The number of esters is 1. The molecule has 0 atom stereocenters. The summed E-state index contributed by atoms with van der Waals surface area (Å²) in [7, 11) is 1.34. The van der Waals surface area contributed by atoms with E-state index in [1.54, 1.807) is 24.3 Å². The molecule has 4 rings (SSSR count). The molecule has 184 valence electrons. The van der Waals surface area contributed by atoms with Crippen LogP contribution in [-0.2, 0) is 16.1 Å². The quantitative estimate of drug-likeness (QED) is 0.193. The Morgan fingerprint density at radius 3 is 2.53 bits per heavy atom. The summed E-state index contributed by atoms with van der Waals surface area (Å²) in [6.45, 7) is 5.71. The molecule has 2 amide bonds. The molecule has 1 saturated heterocycles. The van der Waals surface area contributed by atoms with Crippen LogP contribution in [0.3, 0.4) is 0 Å². The Labute approximate surface area is 211 Å². The number of carbonyl (C=O) groups excluding carboxylic acids is 3. The minimum Gasteiger partial charge on any atom is -0.465 e. The molecule has 9 nitrogen and oxygen atoms in total. The Morgan fingerprint density at radius 2 is 1.86 bits per heavy atom. The minimum absolute atomic E-state index is 0.0472. The van der Waals surface area contributed by atoms with Gasteiger partial charge in [0.25, 0.3) is 16.8 Å². The molecule has 10 heteroatoms. The number of ether oxygens (including phenoxy) is 1. The van der Waals surface area contributed by atoms with Crippen molar-refractivity contribution in [3.05, 3.63) is 97.2 Å². The molecule has 0 aliphatic carbocycles. The molecule has 36 heavy (non-hydrogen) atoms. The highest BCUT2D eigenvalue weighted by Crippen LogP contribution is 2.35. The first-order valence-corrected chi connectivity index (χ1v) is 11.8. The van der Waals surface area contributed by atoms with Crippen molar-refractivity contribution in [1.29, 1.82) is 0 Å². The summed E-state index contributed by atoms with van der Waals surface area (Å²) in [6, 6.07) is 13.1. The van der Waals surface area contributed by atoms with Crippen LogP contribution in [0.5, 0.6) is 0 Å². The van der Waals surface area contributed by atoms with Gasteiger partial charge in [-0.3, -0.25) is 24.6 Å². The van der Waals surface area contributed by atoms with E-state index in [2.05, 4.69) is 0 Å². The Balaban J connectivity index is 1.62. The van der Waals surface area contributed by atoms with Crippen molar-refractivity contribution in [3.63, 3.8) is 0 Å². The van der Waals surface area contributed by atoms with Crippen LogP contribution in [0.4, 0.5) is 10.5 Å². The van der Waals surface area contributed by atoms with Gasteiger partial charge in [0, 0.05) is 29.2 Å². The zero-order chi connectivity index (χ0) is 26.1. The molecule has 1 aliphatic rings. The molecule has 2 aromatic carbocycles. The van der Waals surface area contributed by atoms with Crippen LogP contribution in [0.25, 0.3) is 11.8 Å². The number of thioether (sulfide) groups is 1. The number of aryl methyl sites for hydroxylation is 2. The number of nitro benzene ring substituents is 1. The number of amides is 2. The van der Waals surface area contributed by atoms with E-state index < -0.39 is 22.0 Å². The third kappa shape index (κ3) is 4.67. The number of rotatable bonds is 6. The topological polar surface area (TPSA) is 112 Å². The van der Waals surface area contributed by atoms with E-state index in [9.17, 15) is 24.5 Å². The number of imide groups is 1. The molecule has 1 fully saturated rings. The number of hydrogen-bond donors (Lipinski definition) is 0. The van der Waals surface area contributed by atoms with Crippen molar-refractivity contribution in [2.45, 2.75) is 27.3 Å². The summed E-state index contributed by atoms with van der Waals surface area (Å²) in [6.07, 6.45) is 1.69. The lowest BCUT2D eigenvalue weighted by molar-refractivity contribution is -0.384. The minimum atomic E-state index is -0.516. The van der Waals surface area contributed by atoms with Crippen molar-refractivity contribution in [1.82, 2.24) is 9.47 Å². The van der Waals surface area contributed by atoms with Gasteiger partial charge in [-0.25, -0.2) is 4.79 Å². The summed E-state index contributed by atoms with van der Waals surface area (Å²) in [5.41, 5.74) is 5.19. The maximum atomic E-state index is 13.0. The average Bonchev–Trinajstić information content (AvgIpc) is 3.27. The molecule has 0 saturated carbocycles. The number of nitro groups is 1. The standard InChI is InChI=1S/C26H23N3O6S/c1-15-10-19(25(31)35-4)8-9-22(15)28-16(2)11-20(17(28)3)13-23-24(30)27(26(32)36-23)14-18-6-5-7-21(12-18)29(33)34/h5-13H,14H2,1-4H3. The largest absolute Gasteiger partial charge is 0.465 e. The zero-order valence-electron chi connectivity index (χ0n) is 20.1. The highest BCUT2D eigenvalue weighted by atomic mass is 32.2. The second-order valence-corrected chi connectivity index (χ2v) is 9.34. The molecule has 0 unspecified atom stereocenters. The molecule has 1 aromatic heterocycles. The lowest BCUT2D eigenvalue weighted by atomic mass is 10.1. The number of nitrogens with zero attached hydrogens (tertiary/aromatic N) is 3. The van der Waals surface area contributed by atoms with Gasteiger partial charge in [0.1, 0.15) is 0 Å². The molecule has 0 spiro atoms. The van der Waals surface area contributed by atoms with Crippen LogP contribution in [0.2, 0.25) is 0 Å². The fourth-order valence-corrected chi connectivity index (χ4v) is 5.01. The van der Waals surface area contributed by atoms with Gasteiger partial charge in [0.15, 0.2) is 0 Å². The molecule has 0 radical (unpaired) electrons. The number of non-ortho nitro benzene ring substituents is 1. The molecule has 3 aromatic rings. The van der Waals surface area contributed by atoms with E-state index in [1.165, 1.54) is 25.3 Å². The average molecular weight is 506 g/mol. The molecular weight excluding hydrogens is 482 g/mol. The molecule has 1 aliphatic heterocycles. The first-order valence-electron chi connectivity index (χ1n) is 11.0. The molecule has 2 heterocycles. The van der Waals surface area contributed by atoms with Gasteiger partial charge in [0.05, 0.1) is 29.0 Å². The maximum Gasteiger partial charge on any atom is 0.337 e. The van der Waals surface area contributed by atoms with E-state index in [0.29, 0.717) is 11.1 Å². The van der Waals surface area contributed by atoms with Gasteiger partial charge in [-0.05, 0) is 79.6 Å².